The zero-order chi connectivity index (χ0) is 15.2. The predicted molar refractivity (Wildman–Crippen MR) is 75.5 cm³/mol. The van der Waals surface area contributed by atoms with E-state index in [0.29, 0.717) is 0 Å². The van der Waals surface area contributed by atoms with Crippen LogP contribution in [0.4, 0.5) is 0 Å². The minimum absolute atomic E-state index is 0.0280. The Hall–Kier alpha value is -0.330. The topological polar surface area (TPSA) is 52.6 Å². The fourth-order valence-electron chi connectivity index (χ4n) is 3.50. The van der Waals surface area contributed by atoms with Crippen LogP contribution in [0.2, 0.25) is 0 Å². The molecule has 2 saturated carbocycles. The molecular weight excluding hydrogens is 383 g/mol. The summed E-state index contributed by atoms with van der Waals surface area (Å²) < 4.78 is 11.3. The van der Waals surface area contributed by atoms with E-state index in [0.717, 1.165) is 46.4 Å². The van der Waals surface area contributed by atoms with Crippen molar-refractivity contribution in [3.05, 3.63) is 0 Å². The van der Waals surface area contributed by atoms with Gasteiger partial charge in [0.2, 0.25) is 0 Å². The Bertz CT molecular complexity index is 337. The van der Waals surface area contributed by atoms with E-state index in [1.54, 1.807) is 0 Å². The zero-order valence-electron chi connectivity index (χ0n) is 13.0. The maximum absolute atomic E-state index is 11.7. The highest BCUT2D eigenvalue weighted by Crippen LogP contribution is 2.25. The summed E-state index contributed by atoms with van der Waals surface area (Å²) in [7, 11) is 2.98. The van der Waals surface area contributed by atoms with Crippen LogP contribution in [0.25, 0.3) is 0 Å². The molecule has 0 saturated heterocycles. The Kier molecular flexibility index (Phi) is 6.76. The number of carbonyl (C=O) groups is 2. The number of hydrogen-bond acceptors (Lipinski definition) is 4. The standard InChI is InChI=1S/C16H26IO4/c1-20-15(18)11-5-3-7-13(9-11)17-14-8-4-6-12(10-14)16(19)21-2/h11-14H,3-10H2,1-2H3/q+1. The van der Waals surface area contributed by atoms with E-state index in [1.165, 1.54) is 27.1 Å². The third-order valence-corrected chi connectivity index (χ3v) is 8.94. The second-order valence-corrected chi connectivity index (χ2v) is 10.3. The summed E-state index contributed by atoms with van der Waals surface area (Å²) >= 11 is 0.0510. The number of carbonyl (C=O) groups excluding carboxylic acids is 2. The van der Waals surface area contributed by atoms with Crippen LogP contribution in [0.5, 0.6) is 0 Å². The summed E-state index contributed by atoms with van der Waals surface area (Å²) in [5.74, 6) is 0.182. The molecule has 0 aromatic carbocycles. The molecule has 0 bridgehead atoms. The first-order chi connectivity index (χ1) is 10.1. The number of hydrogen-bond donors (Lipinski definition) is 0. The summed E-state index contributed by atoms with van der Waals surface area (Å²) in [4.78, 5) is 23.4. The first-order valence-corrected chi connectivity index (χ1v) is 10.4. The van der Waals surface area contributed by atoms with Crippen LogP contribution in [-0.4, -0.2) is 34.0 Å². The third-order valence-electron chi connectivity index (χ3n) is 4.65. The first-order valence-electron chi connectivity index (χ1n) is 7.91. The normalized spacial score (nSPS) is 33.2. The van der Waals surface area contributed by atoms with Gasteiger partial charge in [-0.2, -0.15) is 0 Å². The number of esters is 2. The monoisotopic (exact) mass is 409 g/mol. The van der Waals surface area contributed by atoms with Gasteiger partial charge in [-0.15, -0.1) is 0 Å². The minimum atomic E-state index is -0.0280. The van der Waals surface area contributed by atoms with E-state index in [1.807, 2.05) is 0 Å². The van der Waals surface area contributed by atoms with Gasteiger partial charge in [0.1, 0.15) is 0 Å². The molecule has 2 fully saturated rings. The van der Waals surface area contributed by atoms with Gasteiger partial charge >= 0.3 is 11.9 Å². The van der Waals surface area contributed by atoms with Crippen LogP contribution in [0.15, 0.2) is 0 Å². The molecule has 0 N–H and O–H groups in total. The van der Waals surface area contributed by atoms with Gasteiger partial charge in [-0.25, -0.2) is 0 Å². The third kappa shape index (κ3) is 4.83. The van der Waals surface area contributed by atoms with E-state index in [2.05, 4.69) is 0 Å². The van der Waals surface area contributed by atoms with Crippen molar-refractivity contribution in [3.8, 4) is 0 Å². The maximum Gasteiger partial charge on any atom is 0.308 e. The molecule has 0 radical (unpaired) electrons. The van der Waals surface area contributed by atoms with Gasteiger partial charge < -0.3 is 9.47 Å². The fraction of sp³-hybridized carbons (Fsp3) is 0.875. The Morgan fingerprint density at radius 2 is 1.24 bits per heavy atom. The van der Waals surface area contributed by atoms with Gasteiger partial charge in [0, 0.05) is 12.8 Å². The van der Waals surface area contributed by atoms with Crippen LogP contribution >= 0.6 is 0 Å². The van der Waals surface area contributed by atoms with Crippen molar-refractivity contribution >= 4 is 11.9 Å². The van der Waals surface area contributed by atoms with Crippen LogP contribution in [0, 0.1) is 11.8 Å². The van der Waals surface area contributed by atoms with Gasteiger partial charge in [0.25, 0.3) is 21.2 Å². The van der Waals surface area contributed by atoms with E-state index >= 15 is 0 Å². The molecule has 0 amide bonds. The predicted octanol–water partition coefficient (Wildman–Crippen LogP) is -0.461. The minimum Gasteiger partial charge on any atom is -0.469 e. The highest BCUT2D eigenvalue weighted by atomic mass is 127. The van der Waals surface area contributed by atoms with Crippen molar-refractivity contribution in [2.75, 3.05) is 14.2 Å². The molecule has 5 heteroatoms. The average Bonchev–Trinajstić information content (AvgIpc) is 2.53. The van der Waals surface area contributed by atoms with Crippen LogP contribution in [0.3, 0.4) is 0 Å². The maximum atomic E-state index is 11.7. The van der Waals surface area contributed by atoms with Crippen molar-refractivity contribution in [3.63, 3.8) is 0 Å². The molecule has 120 valence electrons. The quantitative estimate of drug-likeness (QED) is 0.358. The fourth-order valence-corrected chi connectivity index (χ4v) is 8.36. The lowest BCUT2D eigenvalue weighted by atomic mass is 9.89. The summed E-state index contributed by atoms with van der Waals surface area (Å²) in [6.45, 7) is 0. The molecule has 4 unspecified atom stereocenters. The number of ether oxygens (including phenoxy) is 2. The highest BCUT2D eigenvalue weighted by molar-refractivity contribution is 5.72. The molecule has 0 spiro atoms. The molecule has 4 nitrogen and oxygen atoms in total. The van der Waals surface area contributed by atoms with Crippen molar-refractivity contribution in [2.45, 2.75) is 59.2 Å². The van der Waals surface area contributed by atoms with Crippen LogP contribution in [-0.2, 0) is 19.1 Å². The lowest BCUT2D eigenvalue weighted by Gasteiger charge is -2.25. The highest BCUT2D eigenvalue weighted by Gasteiger charge is 2.41. The van der Waals surface area contributed by atoms with Crippen LogP contribution < -0.4 is 21.2 Å². The van der Waals surface area contributed by atoms with Crippen LogP contribution in [0.1, 0.15) is 51.4 Å². The molecule has 0 heterocycles. The average molecular weight is 409 g/mol. The van der Waals surface area contributed by atoms with Gasteiger partial charge in [-0.3, -0.25) is 9.59 Å². The first kappa shape index (κ1) is 17.0. The largest absolute Gasteiger partial charge is 0.469 e. The smallest absolute Gasteiger partial charge is 0.308 e. The molecule has 21 heavy (non-hydrogen) atoms. The van der Waals surface area contributed by atoms with E-state index in [9.17, 15) is 9.59 Å². The summed E-state index contributed by atoms with van der Waals surface area (Å²) in [5.41, 5.74) is 0. The van der Waals surface area contributed by atoms with Gasteiger partial charge in [-0.1, -0.05) is 0 Å². The molecule has 0 aromatic rings. The number of halogens is 1. The molecule has 2 aliphatic carbocycles. The van der Waals surface area contributed by atoms with Gasteiger partial charge in [-0.05, 0) is 38.5 Å². The number of rotatable bonds is 4. The summed E-state index contributed by atoms with van der Waals surface area (Å²) in [6, 6.07) is 0. The number of alkyl halides is 2. The van der Waals surface area contributed by atoms with E-state index in [-0.39, 0.29) is 45.0 Å². The zero-order valence-corrected chi connectivity index (χ0v) is 15.1. The number of methoxy groups -OCH3 is 2. The lowest BCUT2D eigenvalue weighted by Crippen LogP contribution is -3.68. The second-order valence-electron chi connectivity index (χ2n) is 6.09. The van der Waals surface area contributed by atoms with Gasteiger partial charge in [0.05, 0.1) is 26.1 Å². The van der Waals surface area contributed by atoms with Crippen molar-refractivity contribution in [1.29, 1.82) is 0 Å². The SMILES string of the molecule is COC(=O)C1CCCC([I+]C2CCCC(C(=O)OC)C2)C1. The van der Waals surface area contributed by atoms with E-state index in [4.69, 9.17) is 9.47 Å². The second kappa shape index (κ2) is 8.34. The lowest BCUT2D eigenvalue weighted by molar-refractivity contribution is -0.727. The van der Waals surface area contributed by atoms with Crippen molar-refractivity contribution in [1.82, 2.24) is 0 Å². The molecule has 2 rings (SSSR count). The Labute approximate surface area is 137 Å². The van der Waals surface area contributed by atoms with Crippen molar-refractivity contribution in [2.24, 2.45) is 11.8 Å². The molecule has 0 aliphatic heterocycles. The summed E-state index contributed by atoms with van der Waals surface area (Å²) in [6.07, 6.45) is 8.83. The Morgan fingerprint density at radius 1 is 0.810 bits per heavy atom. The van der Waals surface area contributed by atoms with Crippen molar-refractivity contribution < 1.29 is 40.3 Å². The molecule has 2 aliphatic rings. The Balaban J connectivity index is 1.83. The molecule has 0 aromatic heterocycles. The van der Waals surface area contributed by atoms with E-state index < -0.39 is 0 Å². The summed E-state index contributed by atoms with van der Waals surface area (Å²) in [5, 5.41) is 0. The molecule has 4 atom stereocenters. The van der Waals surface area contributed by atoms with Gasteiger partial charge in [0.15, 0.2) is 7.85 Å². The molecular formula is C16H26IO4+. The Morgan fingerprint density at radius 3 is 1.62 bits per heavy atom.